The number of hydrogen-bond donors (Lipinski definition) is 0. The lowest BCUT2D eigenvalue weighted by Crippen LogP contribution is -2.75. The van der Waals surface area contributed by atoms with Crippen molar-refractivity contribution in [2.45, 2.75) is 53.6 Å². The van der Waals surface area contributed by atoms with Crippen molar-refractivity contribution in [3.05, 3.63) is 18.0 Å². The van der Waals surface area contributed by atoms with Crippen LogP contribution >= 0.6 is 0 Å². The molecule has 1 heterocycles. The molecule has 0 aliphatic rings. The zero-order valence-electron chi connectivity index (χ0n) is 15.3. The lowest BCUT2D eigenvalue weighted by Gasteiger charge is -2.43. The Morgan fingerprint density at radius 3 is 0.861 bits per heavy atom. The van der Waals surface area contributed by atoms with E-state index in [0.717, 1.165) is 0 Å². The average Bonchev–Trinajstić information content (AvgIpc) is 2.65. The highest BCUT2D eigenvalue weighted by Crippen LogP contribution is 2.65. The Balaban J connectivity index is 3.81. The molecule has 24 heteroatoms. The van der Waals surface area contributed by atoms with Gasteiger partial charge in [0.25, 0.3) is 0 Å². The maximum atomic E-state index is 13.7. The topological polar surface area (TPSA) is 38.7 Å². The smallest absolute Gasteiger partial charge is 0.192 e. The molecule has 0 saturated heterocycles. The summed E-state index contributed by atoms with van der Waals surface area (Å²) in [7, 11) is 0. The van der Waals surface area contributed by atoms with Crippen LogP contribution < -0.4 is 0 Å². The van der Waals surface area contributed by atoms with Gasteiger partial charge in [0.05, 0.1) is 0 Å². The predicted molar refractivity (Wildman–Crippen MR) is 64.3 cm³/mol. The molecule has 210 valence electrons. The lowest BCUT2D eigenvalue weighted by atomic mass is 9.87. The van der Waals surface area contributed by atoms with Crippen LogP contribution in [0.4, 0.5) is 92.2 Å². The SMILES string of the molecule is Fc1nc(F)nc(C(F)(F)C(F)(F)C(F)(F)C(F)(F)C(F)(F)C(F)(F)C(F)(F)C(F)(F)C(F)(F)F)n1. The van der Waals surface area contributed by atoms with Crippen LogP contribution in [-0.4, -0.2) is 62.6 Å². The molecule has 3 nitrogen and oxygen atoms in total. The van der Waals surface area contributed by atoms with Crippen molar-refractivity contribution in [1.29, 1.82) is 0 Å². The van der Waals surface area contributed by atoms with Gasteiger partial charge < -0.3 is 0 Å². The second kappa shape index (κ2) is 8.02. The Morgan fingerprint density at radius 1 is 0.333 bits per heavy atom. The average molecular weight is 585 g/mol. The highest BCUT2D eigenvalue weighted by atomic mass is 19.4. The summed E-state index contributed by atoms with van der Waals surface area (Å²) in [5.74, 6) is -72.6. The third-order valence-electron chi connectivity index (χ3n) is 3.98. The highest BCUT2D eigenvalue weighted by molar-refractivity contribution is 5.18. The van der Waals surface area contributed by atoms with Crippen LogP contribution in [0.25, 0.3) is 0 Å². The van der Waals surface area contributed by atoms with Crippen LogP contribution in [0.2, 0.25) is 0 Å². The molecule has 1 aromatic heterocycles. The molecule has 0 aliphatic carbocycles. The molecule has 0 fully saturated rings. The van der Waals surface area contributed by atoms with Gasteiger partial charge in [-0.2, -0.15) is 107 Å². The second-order valence-electron chi connectivity index (χ2n) is 6.29. The fourth-order valence-electron chi connectivity index (χ4n) is 1.97. The van der Waals surface area contributed by atoms with Gasteiger partial charge in [0.1, 0.15) is 0 Å². The molecule has 0 bridgehead atoms. The van der Waals surface area contributed by atoms with Crippen LogP contribution in [0.15, 0.2) is 0 Å². The third kappa shape index (κ3) is 3.84. The van der Waals surface area contributed by atoms with E-state index in [1.54, 1.807) is 4.98 Å². The molecule has 1 rings (SSSR count). The van der Waals surface area contributed by atoms with Gasteiger partial charge >= 0.3 is 65.7 Å². The van der Waals surface area contributed by atoms with Gasteiger partial charge in [0.2, 0.25) is 5.82 Å². The first kappa shape index (κ1) is 31.6. The van der Waals surface area contributed by atoms with Crippen molar-refractivity contribution in [2.75, 3.05) is 0 Å². The Morgan fingerprint density at radius 2 is 0.583 bits per heavy atom. The minimum atomic E-state index is -9.11. The molecule has 0 amide bonds. The monoisotopic (exact) mass is 585 g/mol. The molecule has 0 atom stereocenters. The summed E-state index contributed by atoms with van der Waals surface area (Å²) < 4.78 is 275. The predicted octanol–water partition coefficient (Wildman–Crippen LogP) is 6.25. The molecule has 0 N–H and O–H groups in total. The van der Waals surface area contributed by atoms with Crippen LogP contribution in [0, 0.1) is 12.2 Å². The number of rotatable bonds is 8. The van der Waals surface area contributed by atoms with Crippen molar-refractivity contribution in [2.24, 2.45) is 0 Å². The van der Waals surface area contributed by atoms with Crippen molar-refractivity contribution in [3.63, 3.8) is 0 Å². The Hall–Kier alpha value is -2.46. The van der Waals surface area contributed by atoms with Crippen LogP contribution in [0.3, 0.4) is 0 Å². The van der Waals surface area contributed by atoms with Crippen molar-refractivity contribution < 1.29 is 92.2 Å². The van der Waals surface area contributed by atoms with E-state index < -0.39 is 71.5 Å². The van der Waals surface area contributed by atoms with Gasteiger partial charge in [0, 0.05) is 0 Å². The first-order valence-corrected chi connectivity index (χ1v) is 7.56. The second-order valence-corrected chi connectivity index (χ2v) is 6.29. The van der Waals surface area contributed by atoms with E-state index in [2.05, 4.69) is 0 Å². The molecule has 0 aromatic carbocycles. The Labute approximate surface area is 180 Å². The van der Waals surface area contributed by atoms with Gasteiger partial charge in [-0.25, -0.2) is 0 Å². The molecular formula is C12F21N3. The molecule has 1 aromatic rings. The quantitative estimate of drug-likeness (QED) is 0.339. The Bertz CT molecular complexity index is 959. The number of hydrogen-bond acceptors (Lipinski definition) is 3. The minimum absolute atomic E-state index is 1.46. The van der Waals surface area contributed by atoms with Gasteiger partial charge in [-0.3, -0.25) is 0 Å². The molecule has 0 saturated carbocycles. The summed E-state index contributed by atoms with van der Waals surface area (Å²) in [5, 5.41) is 0. The fourth-order valence-corrected chi connectivity index (χ4v) is 1.97. The van der Waals surface area contributed by atoms with E-state index in [-0.39, 0.29) is 0 Å². The van der Waals surface area contributed by atoms with Gasteiger partial charge in [0.15, 0.2) is 0 Å². The van der Waals surface area contributed by atoms with E-state index in [1.165, 1.54) is 9.97 Å². The summed E-state index contributed by atoms with van der Waals surface area (Å²) in [6.45, 7) is 0. The van der Waals surface area contributed by atoms with Gasteiger partial charge in [-0.15, -0.1) is 0 Å². The minimum Gasteiger partial charge on any atom is -0.192 e. The van der Waals surface area contributed by atoms with E-state index in [9.17, 15) is 92.2 Å². The highest BCUT2D eigenvalue weighted by Gasteiger charge is 2.97. The number of aromatic nitrogens is 3. The third-order valence-corrected chi connectivity index (χ3v) is 3.98. The maximum Gasteiger partial charge on any atom is 0.460 e. The lowest BCUT2D eigenvalue weighted by molar-refractivity contribution is -0.469. The summed E-state index contributed by atoms with van der Waals surface area (Å²) in [6.07, 6.45) is -13.7. The van der Waals surface area contributed by atoms with Gasteiger partial charge in [-0.1, -0.05) is 0 Å². The molecule has 0 aliphatic heterocycles. The number of alkyl halides is 19. The van der Waals surface area contributed by atoms with E-state index in [4.69, 9.17) is 0 Å². The largest absolute Gasteiger partial charge is 0.460 e. The molecule has 0 spiro atoms. The summed E-state index contributed by atoms with van der Waals surface area (Å²) in [5.41, 5.74) is 0. The summed E-state index contributed by atoms with van der Waals surface area (Å²) in [6, 6.07) is 0. The Kier molecular flexibility index (Phi) is 7.03. The maximum absolute atomic E-state index is 13.7. The first-order chi connectivity index (χ1) is 15.4. The van der Waals surface area contributed by atoms with Crippen LogP contribution in [-0.2, 0) is 5.92 Å². The summed E-state index contributed by atoms with van der Waals surface area (Å²) in [4.78, 5) is 4.67. The van der Waals surface area contributed by atoms with Crippen molar-refractivity contribution >= 4 is 0 Å². The van der Waals surface area contributed by atoms with Gasteiger partial charge in [-0.05, 0) is 0 Å². The van der Waals surface area contributed by atoms with Crippen molar-refractivity contribution in [3.8, 4) is 0 Å². The van der Waals surface area contributed by atoms with E-state index in [0.29, 0.717) is 0 Å². The number of halogens is 21. The van der Waals surface area contributed by atoms with Crippen LogP contribution in [0.5, 0.6) is 0 Å². The zero-order valence-corrected chi connectivity index (χ0v) is 15.3. The standard InChI is InChI=1S/C12F21N3/c13-2-34-1(35-3(14)36-2)4(15,16)5(17,18)6(19,20)7(21,22)8(23,24)9(25,26)10(27,28)11(29,30)12(31,32)33. The first-order valence-electron chi connectivity index (χ1n) is 7.56. The number of nitrogens with zero attached hydrogens (tertiary/aromatic N) is 3. The normalized spacial score (nSPS) is 15.9. The molecule has 0 unspecified atom stereocenters. The summed E-state index contributed by atoms with van der Waals surface area (Å²) >= 11 is 0. The molecule has 36 heavy (non-hydrogen) atoms. The molecular weight excluding hydrogens is 585 g/mol. The molecule has 0 radical (unpaired) electrons. The van der Waals surface area contributed by atoms with Crippen LogP contribution in [0.1, 0.15) is 5.82 Å². The fraction of sp³-hybridized carbons (Fsp3) is 0.750. The zero-order chi connectivity index (χ0) is 29.4. The van der Waals surface area contributed by atoms with Crippen molar-refractivity contribution in [1.82, 2.24) is 15.0 Å². The van der Waals surface area contributed by atoms with E-state index >= 15 is 0 Å². The van der Waals surface area contributed by atoms with E-state index in [1.807, 2.05) is 0 Å².